The molecule has 1 aromatic heterocycles. The molecule has 11 heteroatoms. The van der Waals surface area contributed by atoms with Crippen LogP contribution >= 0.6 is 11.8 Å². The largest absolute Gasteiger partial charge is 0.351 e. The highest BCUT2D eigenvalue weighted by Gasteiger charge is 2.23. The molecule has 0 saturated carbocycles. The van der Waals surface area contributed by atoms with Crippen molar-refractivity contribution in [2.75, 3.05) is 16.2 Å². The first-order chi connectivity index (χ1) is 11.4. The number of aromatic nitrogens is 3. The molecule has 0 saturated heterocycles. The lowest BCUT2D eigenvalue weighted by molar-refractivity contribution is 0.600. The van der Waals surface area contributed by atoms with E-state index in [-0.39, 0.29) is 22.7 Å². The van der Waals surface area contributed by atoms with Crippen molar-refractivity contribution < 1.29 is 12.8 Å². The molecule has 0 amide bonds. The molecule has 0 radical (unpaired) electrons. The number of nitriles is 1. The molecular weight excluding hydrogens is 357 g/mol. The van der Waals surface area contributed by atoms with Gasteiger partial charge in [-0.1, -0.05) is 11.8 Å². The van der Waals surface area contributed by atoms with E-state index < -0.39 is 21.5 Å². The third kappa shape index (κ3) is 2.78. The minimum absolute atomic E-state index is 0.0940. The van der Waals surface area contributed by atoms with Crippen molar-refractivity contribution in [3.8, 4) is 11.8 Å². The second kappa shape index (κ2) is 5.95. The fourth-order valence-corrected chi connectivity index (χ4v) is 3.77. The van der Waals surface area contributed by atoms with Crippen molar-refractivity contribution in [3.63, 3.8) is 0 Å². The fourth-order valence-electron chi connectivity index (χ4n) is 2.20. The van der Waals surface area contributed by atoms with Gasteiger partial charge in [0.1, 0.15) is 11.8 Å². The second-order valence-electron chi connectivity index (χ2n) is 4.94. The van der Waals surface area contributed by atoms with E-state index in [1.807, 2.05) is 0 Å². The number of nitrogens with zero attached hydrogens (tertiary/aromatic N) is 4. The van der Waals surface area contributed by atoms with Gasteiger partial charge in [-0.05, 0) is 19.1 Å². The number of nitrogens with one attached hydrogen (secondary N) is 1. The third-order valence-electron chi connectivity index (χ3n) is 3.46. The summed E-state index contributed by atoms with van der Waals surface area (Å²) in [5.41, 5.74) is -0.996. The van der Waals surface area contributed by atoms with Gasteiger partial charge in [0.25, 0.3) is 0 Å². The first-order valence-corrected chi connectivity index (χ1v) is 9.57. The molecule has 0 spiro atoms. The molecule has 1 N–H and O–H groups in total. The molecule has 2 heterocycles. The number of sulfonamides is 1. The van der Waals surface area contributed by atoms with E-state index >= 15 is 0 Å². The zero-order valence-electron chi connectivity index (χ0n) is 12.5. The Morgan fingerprint density at radius 1 is 1.50 bits per heavy atom. The molecule has 3 rings (SSSR count). The Bertz CT molecular complexity index is 1020. The summed E-state index contributed by atoms with van der Waals surface area (Å²) in [5, 5.41) is 13.6. The number of benzene rings is 1. The van der Waals surface area contributed by atoms with E-state index in [9.17, 15) is 17.6 Å². The standard InChI is InChI=1S/C13H12FN5O3S2/c1-2-24(21,22)17-10-6-11(9(14)5-8(10)7-15)19-13(20)18-3-4-23-12(18)16-19/h5-6,17H,2-4H2,1H3. The van der Waals surface area contributed by atoms with Gasteiger partial charge in [0.2, 0.25) is 10.0 Å². The van der Waals surface area contributed by atoms with E-state index in [0.717, 1.165) is 22.6 Å². The molecular formula is C13H12FN5O3S2. The lowest BCUT2D eigenvalue weighted by atomic mass is 10.1. The van der Waals surface area contributed by atoms with Crippen molar-refractivity contribution in [2.24, 2.45) is 0 Å². The van der Waals surface area contributed by atoms with E-state index in [2.05, 4.69) is 9.82 Å². The van der Waals surface area contributed by atoms with Gasteiger partial charge in [0, 0.05) is 12.3 Å². The van der Waals surface area contributed by atoms with Crippen LogP contribution in [0.25, 0.3) is 5.69 Å². The summed E-state index contributed by atoms with van der Waals surface area (Å²) in [5.74, 6) is -0.328. The third-order valence-corrected chi connectivity index (χ3v) is 5.69. The summed E-state index contributed by atoms with van der Waals surface area (Å²) < 4.78 is 42.3. The molecule has 24 heavy (non-hydrogen) atoms. The van der Waals surface area contributed by atoms with Gasteiger partial charge in [0.15, 0.2) is 11.0 Å². The average molecular weight is 369 g/mol. The lowest BCUT2D eigenvalue weighted by Crippen LogP contribution is -2.24. The minimum Gasteiger partial charge on any atom is -0.282 e. The Hall–Kier alpha value is -2.32. The molecule has 126 valence electrons. The smallest absolute Gasteiger partial charge is 0.282 e. The topological polar surface area (TPSA) is 110 Å². The number of rotatable bonds is 4. The minimum atomic E-state index is -3.66. The maximum atomic E-state index is 14.3. The first-order valence-electron chi connectivity index (χ1n) is 6.93. The van der Waals surface area contributed by atoms with Gasteiger partial charge < -0.3 is 0 Å². The monoisotopic (exact) mass is 369 g/mol. The van der Waals surface area contributed by atoms with Crippen LogP contribution in [0.1, 0.15) is 12.5 Å². The van der Waals surface area contributed by atoms with Crippen LogP contribution in [0.4, 0.5) is 10.1 Å². The summed E-state index contributed by atoms with van der Waals surface area (Å²) in [7, 11) is -3.66. The highest BCUT2D eigenvalue weighted by molar-refractivity contribution is 7.99. The summed E-state index contributed by atoms with van der Waals surface area (Å²) in [6.45, 7) is 1.91. The number of hydrogen-bond acceptors (Lipinski definition) is 6. The van der Waals surface area contributed by atoms with Crippen LogP contribution in [0.15, 0.2) is 22.1 Å². The molecule has 0 aliphatic carbocycles. The number of fused-ring (bicyclic) bond motifs is 1. The van der Waals surface area contributed by atoms with Crippen molar-refractivity contribution in [1.82, 2.24) is 14.3 Å². The van der Waals surface area contributed by atoms with Crippen molar-refractivity contribution in [1.29, 1.82) is 5.26 Å². The van der Waals surface area contributed by atoms with Crippen LogP contribution in [0.2, 0.25) is 0 Å². The molecule has 1 aliphatic heterocycles. The summed E-state index contributed by atoms with van der Waals surface area (Å²) >= 11 is 1.37. The highest BCUT2D eigenvalue weighted by atomic mass is 32.2. The number of thioether (sulfide) groups is 1. The van der Waals surface area contributed by atoms with Gasteiger partial charge in [-0.15, -0.1) is 5.10 Å². The van der Waals surface area contributed by atoms with E-state index in [1.165, 1.54) is 23.3 Å². The van der Waals surface area contributed by atoms with Crippen LogP contribution in [0.5, 0.6) is 0 Å². The molecule has 0 bridgehead atoms. The number of anilines is 1. The van der Waals surface area contributed by atoms with Crippen LogP contribution in [-0.4, -0.2) is 34.3 Å². The predicted molar refractivity (Wildman–Crippen MR) is 86.3 cm³/mol. The normalized spacial score (nSPS) is 13.5. The van der Waals surface area contributed by atoms with E-state index in [1.54, 1.807) is 6.07 Å². The van der Waals surface area contributed by atoms with Gasteiger partial charge in [0.05, 0.1) is 17.0 Å². The predicted octanol–water partition coefficient (Wildman–Crippen LogP) is 0.912. The number of halogens is 1. The maximum absolute atomic E-state index is 14.3. The van der Waals surface area contributed by atoms with Crippen LogP contribution in [-0.2, 0) is 16.6 Å². The SMILES string of the molecule is CCS(=O)(=O)Nc1cc(-n2nc3n(c2=O)CCS3)c(F)cc1C#N. The summed E-state index contributed by atoms with van der Waals surface area (Å²) in [4.78, 5) is 12.3. The second-order valence-corrected chi connectivity index (χ2v) is 8.02. The Morgan fingerprint density at radius 3 is 2.88 bits per heavy atom. The van der Waals surface area contributed by atoms with Crippen molar-refractivity contribution in [3.05, 3.63) is 34.0 Å². The van der Waals surface area contributed by atoms with Gasteiger partial charge in [-0.2, -0.15) is 9.94 Å². The van der Waals surface area contributed by atoms with Gasteiger partial charge >= 0.3 is 5.69 Å². The Balaban J connectivity index is 2.16. The quantitative estimate of drug-likeness (QED) is 0.858. The zero-order chi connectivity index (χ0) is 17.5. The van der Waals surface area contributed by atoms with Crippen LogP contribution < -0.4 is 10.4 Å². The van der Waals surface area contributed by atoms with Crippen LogP contribution in [0, 0.1) is 17.1 Å². The maximum Gasteiger partial charge on any atom is 0.351 e. The molecule has 2 aromatic rings. The Labute approximate surface area is 140 Å². The molecule has 1 aromatic carbocycles. The Kier molecular flexibility index (Phi) is 4.10. The average Bonchev–Trinajstić information content (AvgIpc) is 3.12. The van der Waals surface area contributed by atoms with Crippen molar-refractivity contribution >= 4 is 27.5 Å². The summed E-state index contributed by atoms with van der Waals surface area (Å²) in [6.07, 6.45) is 0. The highest BCUT2D eigenvalue weighted by Crippen LogP contribution is 2.26. The van der Waals surface area contributed by atoms with E-state index in [4.69, 9.17) is 5.26 Å². The Morgan fingerprint density at radius 2 is 2.25 bits per heavy atom. The fraction of sp³-hybridized carbons (Fsp3) is 0.308. The van der Waals surface area contributed by atoms with Crippen molar-refractivity contribution in [2.45, 2.75) is 18.6 Å². The van der Waals surface area contributed by atoms with Gasteiger partial charge in [-0.3, -0.25) is 9.29 Å². The first kappa shape index (κ1) is 16.5. The molecule has 0 atom stereocenters. The molecule has 1 aliphatic rings. The van der Waals surface area contributed by atoms with Crippen LogP contribution in [0.3, 0.4) is 0 Å². The zero-order valence-corrected chi connectivity index (χ0v) is 14.1. The molecule has 0 fully saturated rings. The lowest BCUT2D eigenvalue weighted by Gasteiger charge is -2.10. The summed E-state index contributed by atoms with van der Waals surface area (Å²) in [6, 6.07) is 3.72. The molecule has 8 nitrogen and oxygen atoms in total. The van der Waals surface area contributed by atoms with E-state index in [0.29, 0.717) is 11.7 Å². The number of hydrogen-bond donors (Lipinski definition) is 1. The molecule has 0 unspecified atom stereocenters. The van der Waals surface area contributed by atoms with Gasteiger partial charge in [-0.25, -0.2) is 17.6 Å².